The van der Waals surface area contributed by atoms with Gasteiger partial charge in [-0.1, -0.05) is 19.1 Å². The van der Waals surface area contributed by atoms with Crippen LogP contribution in [0.3, 0.4) is 0 Å². The van der Waals surface area contributed by atoms with Gasteiger partial charge in [0.05, 0.1) is 5.69 Å². The first-order valence-corrected chi connectivity index (χ1v) is 8.02. The molecule has 1 aromatic rings. The Labute approximate surface area is 139 Å². The molecule has 0 saturated carbocycles. The van der Waals surface area contributed by atoms with Crippen molar-refractivity contribution in [1.29, 1.82) is 0 Å². The molecule has 2 heterocycles. The van der Waals surface area contributed by atoms with Crippen LogP contribution in [0.4, 0.5) is 5.69 Å². The lowest BCUT2D eigenvalue weighted by Crippen LogP contribution is -2.54. The minimum absolute atomic E-state index is 0.121. The monoisotopic (exact) mass is 332 g/mol. The second-order valence-electron chi connectivity index (χ2n) is 6.31. The fraction of sp³-hybridized carbons (Fsp3) is 0.471. The van der Waals surface area contributed by atoms with Gasteiger partial charge in [0, 0.05) is 6.54 Å². The first kappa shape index (κ1) is 16.3. The molecule has 1 fully saturated rings. The number of fused-ring (bicyclic) bond motifs is 1. The minimum Gasteiger partial charge on any atom is -0.482 e. The zero-order chi connectivity index (χ0) is 17.3. The van der Waals surface area contributed by atoms with Crippen LogP contribution < -0.4 is 9.64 Å². The number of hydrogen-bond donors (Lipinski definition) is 1. The predicted octanol–water partition coefficient (Wildman–Crippen LogP) is 1.12. The normalized spacial score (nSPS) is 23.5. The average molecular weight is 332 g/mol. The van der Waals surface area contributed by atoms with E-state index in [0.29, 0.717) is 24.4 Å². The molecule has 2 unspecified atom stereocenters. The molecule has 1 aromatic carbocycles. The van der Waals surface area contributed by atoms with Gasteiger partial charge in [-0.15, -0.1) is 0 Å². The van der Waals surface area contributed by atoms with Crippen molar-refractivity contribution < 1.29 is 24.2 Å². The summed E-state index contributed by atoms with van der Waals surface area (Å²) < 4.78 is 5.36. The number of amides is 2. The minimum atomic E-state index is -0.997. The number of carbonyl (C=O) groups excluding carboxylic acids is 2. The number of carboxylic acids is 1. The van der Waals surface area contributed by atoms with Crippen molar-refractivity contribution >= 4 is 23.5 Å². The Kier molecular flexibility index (Phi) is 4.42. The molecule has 7 heteroatoms. The van der Waals surface area contributed by atoms with Gasteiger partial charge in [-0.25, -0.2) is 4.79 Å². The molecule has 1 N–H and O–H groups in total. The van der Waals surface area contributed by atoms with Crippen LogP contribution in [0.5, 0.6) is 5.75 Å². The Morgan fingerprint density at radius 1 is 1.33 bits per heavy atom. The second-order valence-corrected chi connectivity index (χ2v) is 6.31. The summed E-state index contributed by atoms with van der Waals surface area (Å²) in [4.78, 5) is 39.1. The number of rotatable bonds is 3. The Bertz CT molecular complexity index is 675. The molecule has 2 amide bonds. The average Bonchev–Trinajstić information content (AvgIpc) is 2.57. The van der Waals surface area contributed by atoms with Crippen molar-refractivity contribution in [2.75, 3.05) is 24.6 Å². The second kappa shape index (κ2) is 6.51. The molecular formula is C17H20N2O5. The van der Waals surface area contributed by atoms with E-state index in [1.165, 1.54) is 9.80 Å². The highest BCUT2D eigenvalue weighted by atomic mass is 16.5. The Morgan fingerprint density at radius 3 is 2.83 bits per heavy atom. The Hall–Kier alpha value is -2.57. The van der Waals surface area contributed by atoms with Gasteiger partial charge in [-0.2, -0.15) is 0 Å². The van der Waals surface area contributed by atoms with Gasteiger partial charge in [0.15, 0.2) is 6.61 Å². The van der Waals surface area contributed by atoms with E-state index in [1.807, 2.05) is 6.92 Å². The van der Waals surface area contributed by atoms with Gasteiger partial charge < -0.3 is 14.7 Å². The molecule has 0 radical (unpaired) electrons. The van der Waals surface area contributed by atoms with E-state index in [4.69, 9.17) is 4.74 Å². The summed E-state index contributed by atoms with van der Waals surface area (Å²) in [5.74, 6) is -0.838. The number of likely N-dealkylation sites (tertiary alicyclic amines) is 1. The van der Waals surface area contributed by atoms with Gasteiger partial charge in [-0.3, -0.25) is 14.5 Å². The van der Waals surface area contributed by atoms with Crippen LogP contribution in [-0.4, -0.2) is 53.5 Å². The summed E-state index contributed by atoms with van der Waals surface area (Å²) in [7, 11) is 0. The van der Waals surface area contributed by atoms with E-state index in [0.717, 1.165) is 6.42 Å². The highest BCUT2D eigenvalue weighted by Gasteiger charge is 2.36. The predicted molar refractivity (Wildman–Crippen MR) is 85.8 cm³/mol. The fourth-order valence-corrected chi connectivity index (χ4v) is 3.23. The molecule has 7 nitrogen and oxygen atoms in total. The molecule has 1 saturated heterocycles. The van der Waals surface area contributed by atoms with Gasteiger partial charge in [0.2, 0.25) is 5.91 Å². The lowest BCUT2D eigenvalue weighted by atomic mass is 9.92. The zero-order valence-corrected chi connectivity index (χ0v) is 13.5. The van der Waals surface area contributed by atoms with Crippen molar-refractivity contribution in [3.05, 3.63) is 24.3 Å². The summed E-state index contributed by atoms with van der Waals surface area (Å²) in [6.45, 7) is 2.09. The van der Waals surface area contributed by atoms with Crippen molar-refractivity contribution in [1.82, 2.24) is 4.90 Å². The number of hydrogen-bond acceptors (Lipinski definition) is 4. The summed E-state index contributed by atoms with van der Waals surface area (Å²) in [5, 5.41) is 9.40. The standard InChI is InChI=1S/C17H20N2O5/c1-11-6-7-18(13(8-11)17(22)23)15(20)9-19-12-4-2-3-5-14(12)24-10-16(19)21/h2-5,11,13H,6-10H2,1H3,(H,22,23). The lowest BCUT2D eigenvalue weighted by molar-refractivity contribution is -0.152. The van der Waals surface area contributed by atoms with Crippen molar-refractivity contribution in [3.63, 3.8) is 0 Å². The van der Waals surface area contributed by atoms with Crippen LogP contribution in [0.15, 0.2) is 24.3 Å². The van der Waals surface area contributed by atoms with Crippen molar-refractivity contribution in [2.24, 2.45) is 5.92 Å². The van der Waals surface area contributed by atoms with E-state index >= 15 is 0 Å². The summed E-state index contributed by atoms with van der Waals surface area (Å²) in [5.41, 5.74) is 0.541. The molecular weight excluding hydrogens is 312 g/mol. The molecule has 2 aliphatic rings. The molecule has 128 valence electrons. The van der Waals surface area contributed by atoms with Crippen LogP contribution >= 0.6 is 0 Å². The number of para-hydroxylation sites is 2. The maximum absolute atomic E-state index is 12.7. The third-order valence-corrected chi connectivity index (χ3v) is 4.57. The maximum atomic E-state index is 12.7. The number of carbonyl (C=O) groups is 3. The summed E-state index contributed by atoms with van der Waals surface area (Å²) in [6.07, 6.45) is 1.21. The number of anilines is 1. The molecule has 2 aliphatic heterocycles. The SMILES string of the molecule is CC1CCN(C(=O)CN2C(=O)COc3ccccc32)C(C(=O)O)C1. The fourth-order valence-electron chi connectivity index (χ4n) is 3.23. The smallest absolute Gasteiger partial charge is 0.326 e. The molecule has 3 rings (SSSR count). The molecule has 0 bridgehead atoms. The number of nitrogens with zero attached hydrogens (tertiary/aromatic N) is 2. The van der Waals surface area contributed by atoms with Gasteiger partial charge in [0.25, 0.3) is 5.91 Å². The molecule has 0 aromatic heterocycles. The third kappa shape index (κ3) is 3.06. The maximum Gasteiger partial charge on any atom is 0.326 e. The molecule has 24 heavy (non-hydrogen) atoms. The Balaban J connectivity index is 1.79. The largest absolute Gasteiger partial charge is 0.482 e. The zero-order valence-electron chi connectivity index (χ0n) is 13.5. The van der Waals surface area contributed by atoms with Crippen molar-refractivity contribution in [2.45, 2.75) is 25.8 Å². The molecule has 2 atom stereocenters. The number of aliphatic carboxylic acids is 1. The van der Waals surface area contributed by atoms with E-state index in [1.54, 1.807) is 24.3 Å². The topological polar surface area (TPSA) is 87.2 Å². The van der Waals surface area contributed by atoms with Crippen LogP contribution in [0.2, 0.25) is 0 Å². The van der Waals surface area contributed by atoms with Gasteiger partial charge in [-0.05, 0) is 30.9 Å². The molecule has 0 aliphatic carbocycles. The highest BCUT2D eigenvalue weighted by Crippen LogP contribution is 2.32. The summed E-state index contributed by atoms with van der Waals surface area (Å²) in [6, 6.07) is 6.18. The van der Waals surface area contributed by atoms with E-state index < -0.39 is 12.0 Å². The van der Waals surface area contributed by atoms with Crippen LogP contribution in [0, 0.1) is 5.92 Å². The number of piperidine rings is 1. The van der Waals surface area contributed by atoms with Crippen molar-refractivity contribution in [3.8, 4) is 5.75 Å². The third-order valence-electron chi connectivity index (χ3n) is 4.57. The first-order valence-electron chi connectivity index (χ1n) is 8.02. The first-order chi connectivity index (χ1) is 11.5. The Morgan fingerprint density at radius 2 is 2.08 bits per heavy atom. The number of carboxylic acid groups (broad SMARTS) is 1. The number of ether oxygens (including phenoxy) is 1. The molecule has 0 spiro atoms. The quantitative estimate of drug-likeness (QED) is 0.896. The van der Waals surface area contributed by atoms with E-state index in [-0.39, 0.29) is 30.9 Å². The van der Waals surface area contributed by atoms with Gasteiger partial charge >= 0.3 is 5.97 Å². The lowest BCUT2D eigenvalue weighted by Gasteiger charge is -2.37. The highest BCUT2D eigenvalue weighted by molar-refractivity contribution is 6.02. The van der Waals surface area contributed by atoms with E-state index in [9.17, 15) is 19.5 Å². The number of benzene rings is 1. The van der Waals surface area contributed by atoms with Crippen LogP contribution in [0.1, 0.15) is 19.8 Å². The summed E-state index contributed by atoms with van der Waals surface area (Å²) >= 11 is 0. The van der Waals surface area contributed by atoms with Gasteiger partial charge in [0.1, 0.15) is 18.3 Å². The van der Waals surface area contributed by atoms with E-state index in [2.05, 4.69) is 0 Å². The van der Waals surface area contributed by atoms with Crippen LogP contribution in [-0.2, 0) is 14.4 Å². The van der Waals surface area contributed by atoms with Crippen LogP contribution in [0.25, 0.3) is 0 Å².